The number of aliphatic hydroxyl groups excluding tert-OH is 1. The largest absolute Gasteiger partial charge is 0.390 e. The molecule has 4 rings (SSSR count). The van der Waals surface area contributed by atoms with Crippen LogP contribution in [0.25, 0.3) is 22.5 Å². The number of hydrogen-bond acceptors (Lipinski definition) is 6. The second-order valence-electron chi connectivity index (χ2n) is 6.74. The number of hydrogen-bond donors (Lipinski definition) is 2. The minimum absolute atomic E-state index is 0.152. The van der Waals surface area contributed by atoms with Gasteiger partial charge in [0.15, 0.2) is 0 Å². The molecule has 0 amide bonds. The van der Waals surface area contributed by atoms with E-state index >= 15 is 0 Å². The SMILES string of the molecule is CCCCc1nc(CO)c(Cl)n1Cc1ccc(-c2cscc2-c2nn[nH]n2)cc1. The fourth-order valence-electron chi connectivity index (χ4n) is 3.26. The second kappa shape index (κ2) is 8.86. The summed E-state index contributed by atoms with van der Waals surface area (Å²) in [5.74, 6) is 1.51. The van der Waals surface area contributed by atoms with Crippen LogP contribution < -0.4 is 0 Å². The molecule has 0 saturated heterocycles. The van der Waals surface area contributed by atoms with E-state index in [2.05, 4.69) is 62.2 Å². The number of aryl methyl sites for hydroxylation is 1. The van der Waals surface area contributed by atoms with Crippen molar-refractivity contribution < 1.29 is 5.11 Å². The first-order valence-corrected chi connectivity index (χ1v) is 10.8. The molecule has 0 fully saturated rings. The van der Waals surface area contributed by atoms with Gasteiger partial charge in [0.2, 0.25) is 5.82 Å². The minimum atomic E-state index is -0.152. The van der Waals surface area contributed by atoms with Gasteiger partial charge in [-0.2, -0.15) is 16.6 Å². The average Bonchev–Trinajstić information content (AvgIpc) is 3.48. The molecule has 29 heavy (non-hydrogen) atoms. The van der Waals surface area contributed by atoms with Gasteiger partial charge in [-0.05, 0) is 28.1 Å². The Labute approximate surface area is 177 Å². The Morgan fingerprint density at radius 3 is 2.66 bits per heavy atom. The lowest BCUT2D eigenvalue weighted by Gasteiger charge is -2.10. The molecule has 0 bridgehead atoms. The Hall–Kier alpha value is -2.55. The van der Waals surface area contributed by atoms with Crippen LogP contribution in [-0.2, 0) is 19.6 Å². The number of nitrogens with zero attached hydrogens (tertiary/aromatic N) is 5. The highest BCUT2D eigenvalue weighted by molar-refractivity contribution is 7.08. The molecule has 2 N–H and O–H groups in total. The van der Waals surface area contributed by atoms with Gasteiger partial charge >= 0.3 is 0 Å². The predicted octanol–water partition coefficient (Wildman–Crippen LogP) is 4.33. The Bertz CT molecular complexity index is 1070. The van der Waals surface area contributed by atoms with Gasteiger partial charge in [0, 0.05) is 22.9 Å². The molecule has 0 spiro atoms. The highest BCUT2D eigenvalue weighted by Gasteiger charge is 2.16. The van der Waals surface area contributed by atoms with Gasteiger partial charge in [-0.25, -0.2) is 4.98 Å². The van der Waals surface area contributed by atoms with Crippen LogP contribution in [0, 0.1) is 0 Å². The van der Waals surface area contributed by atoms with Crippen LogP contribution in [0.2, 0.25) is 5.15 Å². The third kappa shape index (κ3) is 4.10. The molecule has 3 heterocycles. The molecule has 0 atom stereocenters. The molecular weight excluding hydrogens is 408 g/mol. The van der Waals surface area contributed by atoms with Crippen molar-refractivity contribution in [2.24, 2.45) is 0 Å². The summed E-state index contributed by atoms with van der Waals surface area (Å²) in [6.45, 7) is 2.61. The summed E-state index contributed by atoms with van der Waals surface area (Å²) in [6, 6.07) is 8.35. The molecule has 0 aliphatic carbocycles. The van der Waals surface area contributed by atoms with Crippen molar-refractivity contribution in [2.45, 2.75) is 39.3 Å². The number of nitrogens with one attached hydrogen (secondary N) is 1. The fraction of sp³-hybridized carbons (Fsp3) is 0.300. The number of aromatic amines is 1. The van der Waals surface area contributed by atoms with Gasteiger partial charge in [0.1, 0.15) is 16.7 Å². The van der Waals surface area contributed by atoms with E-state index in [0.29, 0.717) is 23.2 Å². The van der Waals surface area contributed by atoms with Gasteiger partial charge in [-0.15, -0.1) is 10.2 Å². The van der Waals surface area contributed by atoms with Crippen LogP contribution in [0.1, 0.15) is 36.8 Å². The highest BCUT2D eigenvalue weighted by Crippen LogP contribution is 2.33. The summed E-state index contributed by atoms with van der Waals surface area (Å²) in [4.78, 5) is 4.52. The van der Waals surface area contributed by atoms with Crippen LogP contribution in [0.3, 0.4) is 0 Å². The predicted molar refractivity (Wildman–Crippen MR) is 114 cm³/mol. The van der Waals surface area contributed by atoms with Gasteiger partial charge in [0.25, 0.3) is 0 Å². The van der Waals surface area contributed by atoms with Gasteiger partial charge in [-0.1, -0.05) is 49.2 Å². The number of benzene rings is 1. The standard InChI is InChI=1S/C20H21ClN6OS/c1-2-3-4-18-22-17(10-28)19(21)27(18)9-13-5-7-14(8-6-13)15-11-29-12-16(15)20-23-25-26-24-20/h5-8,11-12,28H,2-4,9-10H2,1H3,(H,23,24,25,26). The molecule has 0 radical (unpaired) electrons. The first-order chi connectivity index (χ1) is 14.2. The normalized spacial score (nSPS) is 11.3. The van der Waals surface area contributed by atoms with E-state index in [1.165, 1.54) is 0 Å². The summed E-state index contributed by atoms with van der Waals surface area (Å²) in [5, 5.41) is 28.5. The zero-order valence-corrected chi connectivity index (χ0v) is 17.5. The van der Waals surface area contributed by atoms with Crippen molar-refractivity contribution in [3.63, 3.8) is 0 Å². The Kier molecular flexibility index (Phi) is 6.03. The van der Waals surface area contributed by atoms with Crippen molar-refractivity contribution in [2.75, 3.05) is 0 Å². The molecule has 3 aromatic heterocycles. The van der Waals surface area contributed by atoms with Gasteiger partial charge < -0.3 is 9.67 Å². The maximum Gasteiger partial charge on any atom is 0.206 e. The lowest BCUT2D eigenvalue weighted by molar-refractivity contribution is 0.277. The topological polar surface area (TPSA) is 92.5 Å². The van der Waals surface area contributed by atoms with Crippen LogP contribution in [0.5, 0.6) is 0 Å². The first-order valence-electron chi connectivity index (χ1n) is 9.45. The molecule has 7 nitrogen and oxygen atoms in total. The number of halogens is 1. The lowest BCUT2D eigenvalue weighted by atomic mass is 10.0. The van der Waals surface area contributed by atoms with Crippen LogP contribution >= 0.6 is 22.9 Å². The van der Waals surface area contributed by atoms with E-state index < -0.39 is 0 Å². The van der Waals surface area contributed by atoms with E-state index in [1.807, 2.05) is 9.95 Å². The zero-order valence-electron chi connectivity index (χ0n) is 16.0. The van der Waals surface area contributed by atoms with Crippen molar-refractivity contribution in [3.05, 3.63) is 57.3 Å². The van der Waals surface area contributed by atoms with E-state index in [4.69, 9.17) is 11.6 Å². The number of imidazole rings is 1. The number of aromatic nitrogens is 6. The zero-order chi connectivity index (χ0) is 20.2. The molecule has 0 aliphatic rings. The van der Waals surface area contributed by atoms with E-state index in [0.717, 1.165) is 47.3 Å². The second-order valence-corrected chi connectivity index (χ2v) is 7.85. The lowest BCUT2D eigenvalue weighted by Crippen LogP contribution is -2.05. The monoisotopic (exact) mass is 428 g/mol. The van der Waals surface area contributed by atoms with E-state index in [9.17, 15) is 5.11 Å². The molecule has 0 aliphatic heterocycles. The molecule has 4 aromatic rings. The van der Waals surface area contributed by atoms with E-state index in [-0.39, 0.29) is 6.61 Å². The van der Waals surface area contributed by atoms with E-state index in [1.54, 1.807) is 11.3 Å². The number of tetrazole rings is 1. The van der Waals surface area contributed by atoms with Crippen molar-refractivity contribution >= 4 is 22.9 Å². The number of unbranched alkanes of at least 4 members (excludes halogenated alkanes) is 1. The maximum absolute atomic E-state index is 9.52. The maximum atomic E-state index is 9.52. The fourth-order valence-corrected chi connectivity index (χ4v) is 4.36. The average molecular weight is 429 g/mol. The van der Waals surface area contributed by atoms with Crippen LogP contribution in [-0.4, -0.2) is 35.3 Å². The molecule has 0 unspecified atom stereocenters. The highest BCUT2D eigenvalue weighted by atomic mass is 35.5. The summed E-state index contributed by atoms with van der Waals surface area (Å²) in [5.41, 5.74) is 4.79. The third-order valence-corrected chi connectivity index (χ3v) is 5.97. The van der Waals surface area contributed by atoms with Gasteiger partial charge in [-0.3, -0.25) is 0 Å². The molecule has 9 heteroatoms. The molecule has 1 aromatic carbocycles. The quantitative estimate of drug-likeness (QED) is 0.435. The van der Waals surface area contributed by atoms with Crippen LogP contribution in [0.15, 0.2) is 35.0 Å². The molecular formula is C20H21ClN6OS. The number of H-pyrrole nitrogens is 1. The van der Waals surface area contributed by atoms with Crippen LogP contribution in [0.4, 0.5) is 0 Å². The number of thiophene rings is 1. The molecule has 150 valence electrons. The summed E-state index contributed by atoms with van der Waals surface area (Å²) < 4.78 is 1.99. The van der Waals surface area contributed by atoms with Crippen molar-refractivity contribution in [3.8, 4) is 22.5 Å². The Morgan fingerprint density at radius 2 is 1.97 bits per heavy atom. The third-order valence-electron chi connectivity index (χ3n) is 4.81. The Morgan fingerprint density at radius 1 is 1.17 bits per heavy atom. The van der Waals surface area contributed by atoms with Crippen molar-refractivity contribution in [1.29, 1.82) is 0 Å². The summed E-state index contributed by atoms with van der Waals surface area (Å²) >= 11 is 8.08. The number of aliphatic hydroxyl groups is 1. The number of rotatable bonds is 8. The summed E-state index contributed by atoms with van der Waals surface area (Å²) in [7, 11) is 0. The minimum Gasteiger partial charge on any atom is -0.390 e. The summed E-state index contributed by atoms with van der Waals surface area (Å²) in [6.07, 6.45) is 2.96. The van der Waals surface area contributed by atoms with Gasteiger partial charge in [0.05, 0.1) is 13.2 Å². The smallest absolute Gasteiger partial charge is 0.206 e. The van der Waals surface area contributed by atoms with Crippen molar-refractivity contribution in [1.82, 2.24) is 30.2 Å². The Balaban J connectivity index is 1.59. The first kappa shape index (κ1) is 19.8. The molecule has 0 saturated carbocycles.